The molecular weight excluding hydrogens is 663 g/mol. The molecule has 0 bridgehead atoms. The summed E-state index contributed by atoms with van der Waals surface area (Å²) >= 11 is 14.6. The molecule has 0 fully saturated rings. The molecular formula is C23H14BrCl2F10NO2. The van der Waals surface area contributed by atoms with Crippen molar-refractivity contribution in [1.29, 1.82) is 0 Å². The van der Waals surface area contributed by atoms with Crippen LogP contribution in [-0.4, -0.2) is 30.6 Å². The van der Waals surface area contributed by atoms with E-state index in [-0.39, 0.29) is 26.7 Å². The molecule has 2 aromatic rings. The minimum Gasteiger partial charge on any atom is -0.347 e. The first-order valence-electron chi connectivity index (χ1n) is 10.4. The van der Waals surface area contributed by atoms with Gasteiger partial charge in [-0.3, -0.25) is 9.59 Å². The SMILES string of the molecule is O=C(CCC(=O)c1ccc(/C(F)=C/C(c2cc(Cl)c(Br)c(Cl)c2)C(F)(F)F)cc1C(F)(F)F)NCC(F)(F)F. The van der Waals surface area contributed by atoms with Gasteiger partial charge in [0.05, 0.1) is 20.1 Å². The van der Waals surface area contributed by atoms with Crippen LogP contribution in [0.25, 0.3) is 5.83 Å². The molecule has 0 aromatic heterocycles. The monoisotopic (exact) mass is 675 g/mol. The number of halogens is 13. The molecule has 16 heteroatoms. The second-order valence-electron chi connectivity index (χ2n) is 7.91. The van der Waals surface area contributed by atoms with Gasteiger partial charge in [0.1, 0.15) is 18.3 Å². The number of benzene rings is 2. The normalized spacial score (nSPS) is 13.8. The lowest BCUT2D eigenvalue weighted by molar-refractivity contribution is -0.140. The van der Waals surface area contributed by atoms with E-state index in [9.17, 15) is 53.5 Å². The van der Waals surface area contributed by atoms with E-state index in [1.165, 1.54) is 5.32 Å². The van der Waals surface area contributed by atoms with Gasteiger partial charge in [0.15, 0.2) is 5.78 Å². The third kappa shape index (κ3) is 9.38. The Morgan fingerprint density at radius 1 is 0.923 bits per heavy atom. The van der Waals surface area contributed by atoms with Crippen molar-refractivity contribution in [3.63, 3.8) is 0 Å². The zero-order valence-electron chi connectivity index (χ0n) is 18.9. The Morgan fingerprint density at radius 2 is 1.49 bits per heavy atom. The van der Waals surface area contributed by atoms with Crippen molar-refractivity contribution in [2.75, 3.05) is 6.54 Å². The Morgan fingerprint density at radius 3 is 1.97 bits per heavy atom. The maximum absolute atomic E-state index is 14.9. The third-order valence-corrected chi connectivity index (χ3v) is 6.90. The van der Waals surface area contributed by atoms with Crippen LogP contribution in [0, 0.1) is 0 Å². The van der Waals surface area contributed by atoms with Crippen LogP contribution in [0.4, 0.5) is 43.9 Å². The van der Waals surface area contributed by atoms with Crippen LogP contribution < -0.4 is 5.32 Å². The van der Waals surface area contributed by atoms with Crippen molar-refractivity contribution in [2.45, 2.75) is 37.3 Å². The molecule has 2 aromatic carbocycles. The smallest absolute Gasteiger partial charge is 0.347 e. The molecule has 0 aliphatic rings. The Bertz CT molecular complexity index is 1250. The number of hydrogen-bond acceptors (Lipinski definition) is 2. The van der Waals surface area contributed by atoms with Gasteiger partial charge in [-0.05, 0) is 45.8 Å². The zero-order valence-corrected chi connectivity index (χ0v) is 22.0. The van der Waals surface area contributed by atoms with E-state index in [1.807, 2.05) is 0 Å². The molecule has 0 saturated heterocycles. The second-order valence-corrected chi connectivity index (χ2v) is 9.51. The first-order valence-corrected chi connectivity index (χ1v) is 11.9. The predicted molar refractivity (Wildman–Crippen MR) is 126 cm³/mol. The first kappa shape index (κ1) is 32.9. The molecule has 0 heterocycles. The van der Waals surface area contributed by atoms with Gasteiger partial charge < -0.3 is 5.32 Å². The maximum Gasteiger partial charge on any atom is 0.417 e. The van der Waals surface area contributed by atoms with Gasteiger partial charge in [-0.25, -0.2) is 4.39 Å². The molecule has 1 N–H and O–H groups in total. The van der Waals surface area contributed by atoms with Gasteiger partial charge >= 0.3 is 18.5 Å². The highest BCUT2D eigenvalue weighted by Crippen LogP contribution is 2.43. The Balaban J connectivity index is 2.41. The fourth-order valence-corrected chi connectivity index (χ4v) is 3.93. The summed E-state index contributed by atoms with van der Waals surface area (Å²) < 4.78 is 133. The number of ketones is 1. The number of alkyl halides is 9. The van der Waals surface area contributed by atoms with Gasteiger partial charge in [-0.15, -0.1) is 0 Å². The Hall–Kier alpha value is -2.32. The molecule has 0 aliphatic carbocycles. The minimum atomic E-state index is -5.28. The van der Waals surface area contributed by atoms with Crippen LogP contribution >= 0.6 is 39.1 Å². The zero-order chi connectivity index (χ0) is 29.9. The molecule has 1 amide bonds. The lowest BCUT2D eigenvalue weighted by Gasteiger charge is -2.19. The number of carbonyl (C=O) groups excluding carboxylic acids is 2. The number of nitrogens with one attached hydrogen (secondary N) is 1. The van der Waals surface area contributed by atoms with E-state index < -0.39 is 83.6 Å². The van der Waals surface area contributed by atoms with Crippen molar-refractivity contribution < 1.29 is 53.5 Å². The topological polar surface area (TPSA) is 46.2 Å². The standard InChI is InChI=1S/C23H14BrCl2F10NO2/c24-20-15(25)6-11(7-16(20)26)13(22(31,32)33)8-17(27)10-1-2-12(14(5-10)23(34,35)36)18(38)3-4-19(39)37-9-21(28,29)30/h1-2,5-8,13H,3-4,9H2,(H,37,39)/b17-8-. The lowest BCUT2D eigenvalue weighted by Crippen LogP contribution is -2.33. The van der Waals surface area contributed by atoms with Crippen LogP contribution in [0.3, 0.4) is 0 Å². The number of allylic oxidation sites excluding steroid dienone is 1. The number of Topliss-reactive ketones (excluding diaryl/α,β-unsaturated/α-hetero) is 1. The number of rotatable bonds is 8. The molecule has 39 heavy (non-hydrogen) atoms. The highest BCUT2D eigenvalue weighted by molar-refractivity contribution is 9.10. The summed E-state index contributed by atoms with van der Waals surface area (Å²) in [6.07, 6.45) is -16.9. The first-order chi connectivity index (χ1) is 17.7. The Kier molecular flexibility index (Phi) is 10.5. The average Bonchev–Trinajstić information content (AvgIpc) is 2.80. The molecule has 2 rings (SSSR count). The highest BCUT2D eigenvalue weighted by Gasteiger charge is 2.41. The molecule has 0 saturated carbocycles. The quantitative estimate of drug-likeness (QED) is 0.172. The van der Waals surface area contributed by atoms with Crippen LogP contribution in [0.5, 0.6) is 0 Å². The van der Waals surface area contributed by atoms with Crippen molar-refractivity contribution in [3.8, 4) is 0 Å². The largest absolute Gasteiger partial charge is 0.417 e. The van der Waals surface area contributed by atoms with E-state index >= 15 is 0 Å². The molecule has 0 radical (unpaired) electrons. The van der Waals surface area contributed by atoms with E-state index in [2.05, 4.69) is 15.9 Å². The summed E-state index contributed by atoms with van der Waals surface area (Å²) in [5.74, 6) is -6.96. The van der Waals surface area contributed by atoms with Crippen LogP contribution in [0.1, 0.15) is 45.8 Å². The van der Waals surface area contributed by atoms with Crippen LogP contribution in [0.15, 0.2) is 40.9 Å². The van der Waals surface area contributed by atoms with Crippen molar-refractivity contribution in [3.05, 3.63) is 73.2 Å². The van der Waals surface area contributed by atoms with Crippen molar-refractivity contribution in [1.82, 2.24) is 5.32 Å². The predicted octanol–water partition coefficient (Wildman–Crippen LogP) is 9.07. The van der Waals surface area contributed by atoms with Gasteiger partial charge in [0.25, 0.3) is 0 Å². The van der Waals surface area contributed by atoms with Crippen LogP contribution in [0.2, 0.25) is 10.0 Å². The summed E-state index contributed by atoms with van der Waals surface area (Å²) in [6, 6.07) is 2.91. The lowest BCUT2D eigenvalue weighted by atomic mass is 9.94. The summed E-state index contributed by atoms with van der Waals surface area (Å²) in [5, 5.41) is 0.964. The fourth-order valence-electron chi connectivity index (χ4n) is 3.20. The molecule has 0 aliphatic heterocycles. The van der Waals surface area contributed by atoms with E-state index in [1.54, 1.807) is 0 Å². The number of amides is 1. The fraction of sp³-hybridized carbons (Fsp3) is 0.304. The Labute approximate surface area is 232 Å². The molecule has 214 valence electrons. The van der Waals surface area contributed by atoms with Crippen LogP contribution in [-0.2, 0) is 11.0 Å². The summed E-state index contributed by atoms with van der Waals surface area (Å²) in [4.78, 5) is 23.8. The number of hydrogen-bond donors (Lipinski definition) is 1. The second kappa shape index (κ2) is 12.5. The highest BCUT2D eigenvalue weighted by atomic mass is 79.9. The van der Waals surface area contributed by atoms with Gasteiger partial charge in [0, 0.05) is 24.0 Å². The third-order valence-electron chi connectivity index (χ3n) is 5.00. The molecule has 3 nitrogen and oxygen atoms in total. The number of carbonyl (C=O) groups is 2. The van der Waals surface area contributed by atoms with Gasteiger partial charge in [-0.2, -0.15) is 39.5 Å². The summed E-state index contributed by atoms with van der Waals surface area (Å²) in [7, 11) is 0. The molecule has 1 unspecified atom stereocenters. The van der Waals surface area contributed by atoms with Gasteiger partial charge in [0.2, 0.25) is 5.91 Å². The summed E-state index contributed by atoms with van der Waals surface area (Å²) in [6.45, 7) is -1.72. The average molecular weight is 677 g/mol. The van der Waals surface area contributed by atoms with Gasteiger partial charge in [-0.1, -0.05) is 35.3 Å². The molecule has 0 spiro atoms. The van der Waals surface area contributed by atoms with E-state index in [4.69, 9.17) is 23.2 Å². The minimum absolute atomic E-state index is 0.0118. The van der Waals surface area contributed by atoms with E-state index in [0.29, 0.717) is 12.1 Å². The van der Waals surface area contributed by atoms with Crippen molar-refractivity contribution in [2.24, 2.45) is 0 Å². The van der Waals surface area contributed by atoms with Crippen molar-refractivity contribution >= 4 is 56.6 Å². The summed E-state index contributed by atoms with van der Waals surface area (Å²) in [5.41, 5.74) is -4.34. The van der Waals surface area contributed by atoms with E-state index in [0.717, 1.165) is 12.1 Å². The molecule has 1 atom stereocenters. The maximum atomic E-state index is 14.9.